The molecular weight excluding hydrogens is 417 g/mol. The molecule has 0 bridgehead atoms. The van der Waals surface area contributed by atoms with Crippen molar-refractivity contribution in [2.75, 3.05) is 0 Å². The molecule has 0 heterocycles. The molecular formula is C30H32Si2. The van der Waals surface area contributed by atoms with Gasteiger partial charge in [0.25, 0.3) is 0 Å². The third-order valence-electron chi connectivity index (χ3n) is 7.12. The van der Waals surface area contributed by atoms with Crippen LogP contribution in [0.2, 0.25) is 18.3 Å². The Balaban J connectivity index is 2.06. The molecule has 4 aromatic carbocycles. The average Bonchev–Trinajstić information content (AvgIpc) is 2.88. The van der Waals surface area contributed by atoms with Gasteiger partial charge in [-0.2, -0.15) is 0 Å². The van der Waals surface area contributed by atoms with Crippen molar-refractivity contribution in [3.63, 3.8) is 0 Å². The van der Waals surface area contributed by atoms with E-state index in [2.05, 4.69) is 153 Å². The Hall–Kier alpha value is -2.95. The highest BCUT2D eigenvalue weighted by Gasteiger charge is 2.51. The summed E-state index contributed by atoms with van der Waals surface area (Å²) in [6, 6.07) is 45.1. The first kappa shape index (κ1) is 22.3. The fourth-order valence-electron chi connectivity index (χ4n) is 5.34. The van der Waals surface area contributed by atoms with Crippen molar-refractivity contribution in [3.8, 4) is 0 Å². The second-order valence-corrected chi connectivity index (χ2v) is 17.8. The number of rotatable bonds is 7. The van der Waals surface area contributed by atoms with E-state index >= 15 is 0 Å². The van der Waals surface area contributed by atoms with Crippen molar-refractivity contribution in [2.45, 2.75) is 25.2 Å². The molecule has 4 aromatic rings. The highest BCUT2D eigenvalue weighted by molar-refractivity contribution is 7.18. The van der Waals surface area contributed by atoms with Gasteiger partial charge >= 0.3 is 0 Å². The van der Waals surface area contributed by atoms with Crippen LogP contribution in [0.5, 0.6) is 0 Å². The summed E-state index contributed by atoms with van der Waals surface area (Å²) in [5, 5.41) is 6.45. The molecule has 0 atom stereocenters. The third kappa shape index (κ3) is 3.97. The molecule has 0 saturated carbocycles. The summed E-state index contributed by atoms with van der Waals surface area (Å²) in [4.78, 5) is 0. The lowest BCUT2D eigenvalue weighted by Gasteiger charge is -2.46. The molecule has 32 heavy (non-hydrogen) atoms. The molecule has 2 heteroatoms. The zero-order valence-electron chi connectivity index (χ0n) is 19.3. The van der Waals surface area contributed by atoms with Gasteiger partial charge in [0, 0.05) is 0 Å². The average molecular weight is 449 g/mol. The van der Waals surface area contributed by atoms with E-state index in [4.69, 9.17) is 0 Å². The van der Waals surface area contributed by atoms with Crippen molar-refractivity contribution in [2.24, 2.45) is 0 Å². The molecule has 0 aliphatic rings. The molecule has 0 amide bonds. The lowest BCUT2D eigenvalue weighted by molar-refractivity contribution is 1.35. The topological polar surface area (TPSA) is 0 Å². The number of benzene rings is 4. The molecule has 0 unspecified atom stereocenters. The molecule has 160 valence electrons. The van der Waals surface area contributed by atoms with E-state index in [1.807, 2.05) is 0 Å². The van der Waals surface area contributed by atoms with Crippen LogP contribution in [0.15, 0.2) is 133 Å². The molecule has 0 saturated heterocycles. The highest BCUT2D eigenvalue weighted by Crippen LogP contribution is 2.34. The van der Waals surface area contributed by atoms with Crippen LogP contribution in [0, 0.1) is 0 Å². The van der Waals surface area contributed by atoms with E-state index < -0.39 is 16.1 Å². The molecule has 4 rings (SSSR count). The number of hydrogen-bond donors (Lipinski definition) is 0. The van der Waals surface area contributed by atoms with Gasteiger partial charge < -0.3 is 0 Å². The summed E-state index contributed by atoms with van der Waals surface area (Å²) in [5.74, 6) is 0. The third-order valence-corrected chi connectivity index (χ3v) is 19.6. The van der Waals surface area contributed by atoms with Gasteiger partial charge in [0.05, 0.1) is 0 Å². The molecule has 0 aliphatic carbocycles. The molecule has 0 fully saturated rings. The van der Waals surface area contributed by atoms with Crippen LogP contribution >= 0.6 is 0 Å². The largest absolute Gasteiger partial charge is 0.119 e. The van der Waals surface area contributed by atoms with Crippen LogP contribution in [-0.2, 0) is 0 Å². The minimum atomic E-state index is -2.18. The minimum absolute atomic E-state index is 0.453. The summed E-state index contributed by atoms with van der Waals surface area (Å²) < 4.78 is 0. The van der Waals surface area contributed by atoms with E-state index in [1.54, 1.807) is 0 Å². The van der Waals surface area contributed by atoms with E-state index in [0.29, 0.717) is 5.16 Å². The SMILES string of the molecule is C/C=C/C([Si](C)(c1ccccc1)c1ccccc1)[Si](C)(c1ccccc1)c1ccccc1. The van der Waals surface area contributed by atoms with Gasteiger partial charge in [-0.25, -0.2) is 0 Å². The second-order valence-electron chi connectivity index (χ2n) is 8.87. The van der Waals surface area contributed by atoms with Crippen LogP contribution < -0.4 is 20.7 Å². The van der Waals surface area contributed by atoms with Gasteiger partial charge in [0.15, 0.2) is 0 Å². The van der Waals surface area contributed by atoms with Crippen molar-refractivity contribution in [1.29, 1.82) is 0 Å². The fourth-order valence-corrected chi connectivity index (χ4v) is 18.8. The lowest BCUT2D eigenvalue weighted by Crippen LogP contribution is -2.71. The van der Waals surface area contributed by atoms with Crippen LogP contribution in [0.25, 0.3) is 0 Å². The Morgan fingerprint density at radius 1 is 0.469 bits per heavy atom. The Morgan fingerprint density at radius 3 is 0.938 bits per heavy atom. The standard InChI is InChI=1S/C30H32Si2/c1-4-17-30(31(2,26-18-9-5-10-19-26)27-20-11-6-12-21-27)32(3,28-22-13-7-14-23-28)29-24-15-8-16-25-29/h4-25,30H,1-3H3/b17-4+. The quantitative estimate of drug-likeness (QED) is 0.267. The summed E-state index contributed by atoms with van der Waals surface area (Å²) in [6.07, 6.45) is 4.83. The molecule has 0 radical (unpaired) electrons. The maximum atomic E-state index is 2.58. The van der Waals surface area contributed by atoms with Gasteiger partial charge in [-0.05, 0) is 12.1 Å². The van der Waals surface area contributed by atoms with Crippen molar-refractivity contribution < 1.29 is 0 Å². The van der Waals surface area contributed by atoms with Gasteiger partial charge in [0.1, 0.15) is 16.1 Å². The van der Waals surface area contributed by atoms with Crippen LogP contribution in [0.4, 0.5) is 0 Å². The van der Waals surface area contributed by atoms with Gasteiger partial charge in [-0.1, -0.05) is 167 Å². The first-order valence-corrected chi connectivity index (χ1v) is 16.6. The van der Waals surface area contributed by atoms with Crippen LogP contribution in [0.3, 0.4) is 0 Å². The second kappa shape index (κ2) is 9.68. The van der Waals surface area contributed by atoms with Gasteiger partial charge in [0.2, 0.25) is 0 Å². The Labute approximate surface area is 195 Å². The molecule has 0 aromatic heterocycles. The smallest absolute Gasteiger partial charge is 0.0919 e. The summed E-state index contributed by atoms with van der Waals surface area (Å²) in [7, 11) is -4.36. The number of hydrogen-bond acceptors (Lipinski definition) is 0. The van der Waals surface area contributed by atoms with Gasteiger partial charge in [-0.15, -0.1) is 0 Å². The van der Waals surface area contributed by atoms with Crippen molar-refractivity contribution in [3.05, 3.63) is 133 Å². The monoisotopic (exact) mass is 448 g/mol. The summed E-state index contributed by atoms with van der Waals surface area (Å²) >= 11 is 0. The molecule has 0 spiro atoms. The van der Waals surface area contributed by atoms with E-state index in [-0.39, 0.29) is 0 Å². The molecule has 0 nitrogen and oxygen atoms in total. The highest BCUT2D eigenvalue weighted by atomic mass is 28.4. The summed E-state index contributed by atoms with van der Waals surface area (Å²) in [5.41, 5.74) is 0. The van der Waals surface area contributed by atoms with E-state index in [0.717, 1.165) is 0 Å². The summed E-state index contributed by atoms with van der Waals surface area (Å²) in [6.45, 7) is 7.35. The normalized spacial score (nSPS) is 12.4. The first-order chi connectivity index (χ1) is 15.6. The van der Waals surface area contributed by atoms with E-state index in [9.17, 15) is 0 Å². The zero-order valence-corrected chi connectivity index (χ0v) is 21.3. The van der Waals surface area contributed by atoms with Crippen molar-refractivity contribution in [1.82, 2.24) is 0 Å². The Morgan fingerprint density at radius 2 is 0.719 bits per heavy atom. The maximum Gasteiger partial charge on any atom is 0.119 e. The number of allylic oxidation sites excluding steroid dienone is 2. The van der Waals surface area contributed by atoms with Gasteiger partial charge in [-0.3, -0.25) is 0 Å². The fraction of sp³-hybridized carbons (Fsp3) is 0.133. The lowest BCUT2D eigenvalue weighted by atomic mass is 10.4. The minimum Gasteiger partial charge on any atom is -0.0919 e. The zero-order chi connectivity index (χ0) is 22.4. The molecule has 0 aliphatic heterocycles. The Kier molecular flexibility index (Phi) is 6.73. The maximum absolute atomic E-state index is 2.58. The van der Waals surface area contributed by atoms with Crippen molar-refractivity contribution >= 4 is 36.9 Å². The Bertz CT molecular complexity index is 969. The first-order valence-electron chi connectivity index (χ1n) is 11.5. The van der Waals surface area contributed by atoms with E-state index in [1.165, 1.54) is 20.7 Å². The predicted octanol–water partition coefficient (Wildman–Crippen LogP) is 5.26. The van der Waals surface area contributed by atoms with Crippen LogP contribution in [-0.4, -0.2) is 16.1 Å². The molecule has 0 N–H and O–H groups in total. The van der Waals surface area contributed by atoms with Crippen LogP contribution in [0.1, 0.15) is 6.92 Å². The predicted molar refractivity (Wildman–Crippen MR) is 146 cm³/mol.